The quantitative estimate of drug-likeness (QED) is 0.700. The normalized spacial score (nSPS) is 10.5. The van der Waals surface area contributed by atoms with Crippen LogP contribution in [0.2, 0.25) is 5.02 Å². The van der Waals surface area contributed by atoms with Crippen LogP contribution in [0.4, 0.5) is 11.4 Å². The van der Waals surface area contributed by atoms with Gasteiger partial charge in [-0.15, -0.1) is 0 Å². The lowest BCUT2D eigenvalue weighted by atomic mass is 10.2. The van der Waals surface area contributed by atoms with E-state index in [0.717, 1.165) is 42.9 Å². The van der Waals surface area contributed by atoms with Crippen LogP contribution in [-0.4, -0.2) is 36.0 Å². The fraction of sp³-hybridized carbons (Fsp3) is 0.400. The zero-order valence-electron chi connectivity index (χ0n) is 15.8. The number of aromatic nitrogens is 1. The summed E-state index contributed by atoms with van der Waals surface area (Å²) < 4.78 is 5.39. The van der Waals surface area contributed by atoms with E-state index in [1.54, 1.807) is 25.6 Å². The SMILES string of the molecule is CCCN(CCC)C(=O)c1cncc(Nc2cc(C)c(Cl)cc2OC)c1. The maximum absolute atomic E-state index is 12.8. The molecular formula is C20H26ClN3O2. The zero-order valence-corrected chi connectivity index (χ0v) is 16.6. The predicted octanol–water partition coefficient (Wildman–Crippen LogP) is 5.06. The fourth-order valence-electron chi connectivity index (χ4n) is 2.75. The first-order valence-electron chi connectivity index (χ1n) is 8.85. The molecule has 0 unspecified atom stereocenters. The lowest BCUT2D eigenvalue weighted by Crippen LogP contribution is -2.32. The molecule has 1 N–H and O–H groups in total. The topological polar surface area (TPSA) is 54.5 Å². The monoisotopic (exact) mass is 375 g/mol. The molecule has 0 aliphatic rings. The molecule has 5 nitrogen and oxygen atoms in total. The number of hydrogen-bond acceptors (Lipinski definition) is 4. The molecule has 0 aliphatic carbocycles. The van der Waals surface area contributed by atoms with E-state index >= 15 is 0 Å². The van der Waals surface area contributed by atoms with Gasteiger partial charge < -0.3 is 15.0 Å². The molecule has 140 valence electrons. The van der Waals surface area contributed by atoms with Gasteiger partial charge in [0.1, 0.15) is 5.75 Å². The summed E-state index contributed by atoms with van der Waals surface area (Å²) in [5.41, 5.74) is 3.01. The average Bonchev–Trinajstić information content (AvgIpc) is 2.64. The van der Waals surface area contributed by atoms with E-state index in [9.17, 15) is 4.79 Å². The first-order valence-corrected chi connectivity index (χ1v) is 9.23. The highest BCUT2D eigenvalue weighted by Crippen LogP contribution is 2.33. The van der Waals surface area contributed by atoms with Crippen molar-refractivity contribution in [2.75, 3.05) is 25.5 Å². The number of benzene rings is 1. The number of nitrogens with one attached hydrogen (secondary N) is 1. The maximum atomic E-state index is 12.8. The minimum atomic E-state index is 0.00380. The van der Waals surface area contributed by atoms with E-state index in [-0.39, 0.29) is 5.91 Å². The largest absolute Gasteiger partial charge is 0.495 e. The van der Waals surface area contributed by atoms with Crippen molar-refractivity contribution in [3.05, 3.63) is 46.7 Å². The van der Waals surface area contributed by atoms with Crippen molar-refractivity contribution in [2.24, 2.45) is 0 Å². The smallest absolute Gasteiger partial charge is 0.255 e. The number of nitrogens with zero attached hydrogens (tertiary/aromatic N) is 2. The number of carbonyl (C=O) groups is 1. The van der Waals surface area contributed by atoms with Gasteiger partial charge in [0.15, 0.2) is 0 Å². The van der Waals surface area contributed by atoms with Crippen LogP contribution >= 0.6 is 11.6 Å². The summed E-state index contributed by atoms with van der Waals surface area (Å²) in [6.45, 7) is 7.56. The Balaban J connectivity index is 2.27. The molecule has 0 spiro atoms. The molecule has 0 atom stereocenters. The maximum Gasteiger partial charge on any atom is 0.255 e. The Kier molecular flexibility index (Phi) is 7.27. The number of ether oxygens (including phenoxy) is 1. The van der Waals surface area contributed by atoms with E-state index in [1.807, 2.05) is 24.0 Å². The van der Waals surface area contributed by atoms with Gasteiger partial charge in [-0.25, -0.2) is 0 Å². The second kappa shape index (κ2) is 9.43. The van der Waals surface area contributed by atoms with Crippen LogP contribution in [0.5, 0.6) is 5.75 Å². The number of carbonyl (C=O) groups excluding carboxylic acids is 1. The Morgan fingerprint density at radius 1 is 1.19 bits per heavy atom. The van der Waals surface area contributed by atoms with Crippen molar-refractivity contribution in [1.82, 2.24) is 9.88 Å². The molecule has 1 aromatic heterocycles. The van der Waals surface area contributed by atoms with Gasteiger partial charge in [-0.1, -0.05) is 25.4 Å². The van der Waals surface area contributed by atoms with Crippen LogP contribution in [0.25, 0.3) is 0 Å². The Labute approximate surface area is 160 Å². The molecule has 6 heteroatoms. The first kappa shape index (κ1) is 20.0. The molecule has 0 fully saturated rings. The van der Waals surface area contributed by atoms with Gasteiger partial charge in [0, 0.05) is 30.4 Å². The number of anilines is 2. The first-order chi connectivity index (χ1) is 12.5. The summed E-state index contributed by atoms with van der Waals surface area (Å²) in [5, 5.41) is 3.92. The second-order valence-corrected chi connectivity index (χ2v) is 6.59. The molecule has 0 saturated carbocycles. The summed E-state index contributed by atoms with van der Waals surface area (Å²) in [7, 11) is 1.59. The van der Waals surface area contributed by atoms with Crippen molar-refractivity contribution in [2.45, 2.75) is 33.6 Å². The van der Waals surface area contributed by atoms with Crippen molar-refractivity contribution >= 4 is 28.9 Å². The zero-order chi connectivity index (χ0) is 19.1. The van der Waals surface area contributed by atoms with Crippen LogP contribution in [0.3, 0.4) is 0 Å². The molecule has 26 heavy (non-hydrogen) atoms. The molecule has 1 heterocycles. The molecule has 2 aromatic rings. The molecule has 0 saturated heterocycles. The van der Waals surface area contributed by atoms with E-state index < -0.39 is 0 Å². The lowest BCUT2D eigenvalue weighted by Gasteiger charge is -2.21. The average molecular weight is 376 g/mol. The standard InChI is InChI=1S/C20H26ClN3O2/c1-5-7-24(8-6-2)20(25)15-10-16(13-22-12-15)23-18-9-14(3)17(21)11-19(18)26-4/h9-13,23H,5-8H2,1-4H3. The lowest BCUT2D eigenvalue weighted by molar-refractivity contribution is 0.0755. The molecule has 0 bridgehead atoms. The third-order valence-electron chi connectivity index (χ3n) is 4.02. The summed E-state index contributed by atoms with van der Waals surface area (Å²) in [6.07, 6.45) is 5.15. The highest BCUT2D eigenvalue weighted by Gasteiger charge is 2.15. The van der Waals surface area contributed by atoms with E-state index in [4.69, 9.17) is 16.3 Å². The minimum absolute atomic E-state index is 0.00380. The number of pyridine rings is 1. The van der Waals surface area contributed by atoms with Crippen LogP contribution in [-0.2, 0) is 0 Å². The van der Waals surface area contributed by atoms with Gasteiger partial charge in [-0.2, -0.15) is 0 Å². The number of halogens is 1. The van der Waals surface area contributed by atoms with Gasteiger partial charge >= 0.3 is 0 Å². The second-order valence-electron chi connectivity index (χ2n) is 6.18. The highest BCUT2D eigenvalue weighted by molar-refractivity contribution is 6.31. The highest BCUT2D eigenvalue weighted by atomic mass is 35.5. The third-order valence-corrected chi connectivity index (χ3v) is 4.43. The number of rotatable bonds is 8. The minimum Gasteiger partial charge on any atom is -0.495 e. The van der Waals surface area contributed by atoms with E-state index in [1.165, 1.54) is 0 Å². The van der Waals surface area contributed by atoms with Crippen molar-refractivity contribution in [3.63, 3.8) is 0 Å². The summed E-state index contributed by atoms with van der Waals surface area (Å²) >= 11 is 6.16. The Morgan fingerprint density at radius 2 is 1.88 bits per heavy atom. The molecular weight excluding hydrogens is 350 g/mol. The predicted molar refractivity (Wildman–Crippen MR) is 107 cm³/mol. The molecule has 0 radical (unpaired) electrons. The van der Waals surface area contributed by atoms with Crippen molar-refractivity contribution in [1.29, 1.82) is 0 Å². The number of hydrogen-bond donors (Lipinski definition) is 1. The number of methoxy groups -OCH3 is 1. The number of aryl methyl sites for hydroxylation is 1. The van der Waals surface area contributed by atoms with E-state index in [0.29, 0.717) is 16.3 Å². The van der Waals surface area contributed by atoms with Crippen LogP contribution in [0.15, 0.2) is 30.6 Å². The van der Waals surface area contributed by atoms with E-state index in [2.05, 4.69) is 24.1 Å². The van der Waals surface area contributed by atoms with Gasteiger partial charge in [0.2, 0.25) is 0 Å². The van der Waals surface area contributed by atoms with Gasteiger partial charge in [0.25, 0.3) is 5.91 Å². The van der Waals surface area contributed by atoms with Crippen LogP contribution in [0, 0.1) is 6.92 Å². The Morgan fingerprint density at radius 3 is 2.50 bits per heavy atom. The van der Waals surface area contributed by atoms with Crippen molar-refractivity contribution in [3.8, 4) is 5.75 Å². The molecule has 1 aromatic carbocycles. The van der Waals surface area contributed by atoms with Crippen molar-refractivity contribution < 1.29 is 9.53 Å². The summed E-state index contributed by atoms with van der Waals surface area (Å²) in [4.78, 5) is 18.9. The van der Waals surface area contributed by atoms with Gasteiger partial charge in [-0.3, -0.25) is 9.78 Å². The summed E-state index contributed by atoms with van der Waals surface area (Å²) in [6, 6.07) is 5.50. The summed E-state index contributed by atoms with van der Waals surface area (Å²) in [5.74, 6) is 0.639. The Hall–Kier alpha value is -2.27. The Bertz CT molecular complexity index is 759. The van der Waals surface area contributed by atoms with Gasteiger partial charge in [-0.05, 0) is 37.5 Å². The van der Waals surface area contributed by atoms with Gasteiger partial charge in [0.05, 0.1) is 30.2 Å². The molecule has 0 aliphatic heterocycles. The third kappa shape index (κ3) is 4.88. The van der Waals surface area contributed by atoms with Crippen LogP contribution < -0.4 is 10.1 Å². The number of amides is 1. The molecule has 2 rings (SSSR count). The van der Waals surface area contributed by atoms with Crippen LogP contribution in [0.1, 0.15) is 42.6 Å². The fourth-order valence-corrected chi connectivity index (χ4v) is 2.90. The molecule has 1 amide bonds.